The fraction of sp³-hybridized carbons (Fsp3) is 0.692. The van der Waals surface area contributed by atoms with Crippen molar-refractivity contribution in [2.45, 2.75) is 44.2 Å². The Bertz CT molecular complexity index is 586. The Hall–Kier alpha value is -1.48. The van der Waals surface area contributed by atoms with Gasteiger partial charge in [0.25, 0.3) is 0 Å². The molecule has 0 saturated carbocycles. The molecule has 0 radical (unpaired) electrons. The van der Waals surface area contributed by atoms with Crippen molar-refractivity contribution < 1.29 is 28.6 Å². The summed E-state index contributed by atoms with van der Waals surface area (Å²) >= 11 is 0. The van der Waals surface area contributed by atoms with Crippen LogP contribution in [-0.4, -0.2) is 47.9 Å². The second kappa shape index (κ2) is 5.06. The Kier molecular flexibility index (Phi) is 3.48. The van der Waals surface area contributed by atoms with Gasteiger partial charge >= 0.3 is 11.6 Å². The number of nitrogens with zero attached hydrogens (tertiary/aromatic N) is 1. The lowest BCUT2D eigenvalue weighted by atomic mass is 10.1. The maximum Gasteiger partial charge on any atom is 0.458 e. The van der Waals surface area contributed by atoms with Gasteiger partial charge < -0.3 is 24.1 Å². The lowest BCUT2D eigenvalue weighted by Gasteiger charge is -2.22. The first-order chi connectivity index (χ1) is 9.95. The van der Waals surface area contributed by atoms with Crippen LogP contribution in [0, 0.1) is 0 Å². The third-order valence-corrected chi connectivity index (χ3v) is 3.62. The number of H-pyrrole nitrogens is 1. The second-order valence-corrected chi connectivity index (χ2v) is 5.53. The molecular formula is C13H19N2O6+. The van der Waals surface area contributed by atoms with Crippen molar-refractivity contribution >= 4 is 0 Å². The number of nitrogens with one attached hydrogen (secondary N) is 1. The van der Waals surface area contributed by atoms with Crippen LogP contribution in [-0.2, 0) is 14.2 Å². The first-order valence-electron chi connectivity index (χ1n) is 6.75. The molecule has 2 N–H and O–H groups in total. The molecule has 0 aromatic carbocycles. The van der Waals surface area contributed by atoms with Crippen LogP contribution in [0.4, 0.5) is 0 Å². The maximum atomic E-state index is 11.4. The van der Waals surface area contributed by atoms with E-state index in [1.807, 2.05) is 13.8 Å². The number of ether oxygens (including phenoxy) is 4. The van der Waals surface area contributed by atoms with Gasteiger partial charge in [-0.1, -0.05) is 0 Å². The van der Waals surface area contributed by atoms with Crippen LogP contribution in [0.25, 0.3) is 0 Å². The summed E-state index contributed by atoms with van der Waals surface area (Å²) in [6.07, 6.45) is -0.263. The Morgan fingerprint density at radius 3 is 2.81 bits per heavy atom. The van der Waals surface area contributed by atoms with E-state index in [2.05, 4.69) is 4.98 Å². The van der Waals surface area contributed by atoms with Crippen molar-refractivity contribution in [1.29, 1.82) is 0 Å². The number of fused-ring (bicyclic) bond motifs is 1. The first-order valence-corrected chi connectivity index (χ1v) is 6.75. The molecule has 1 aromatic rings. The molecule has 2 aliphatic heterocycles. The highest BCUT2D eigenvalue weighted by atomic mass is 16.8. The van der Waals surface area contributed by atoms with Crippen molar-refractivity contribution in [3.05, 3.63) is 22.6 Å². The Balaban J connectivity index is 1.97. The molecule has 0 unspecified atom stereocenters. The Morgan fingerprint density at radius 1 is 1.43 bits per heavy atom. The molecule has 8 nitrogen and oxygen atoms in total. The molecule has 2 fully saturated rings. The van der Waals surface area contributed by atoms with E-state index in [-0.39, 0.29) is 24.3 Å². The minimum Gasteiger partial charge on any atom is -0.434 e. The lowest BCUT2D eigenvalue weighted by molar-refractivity contribution is -0.771. The van der Waals surface area contributed by atoms with Gasteiger partial charge in [-0.25, -0.2) is 4.79 Å². The normalized spacial score (nSPS) is 33.9. The van der Waals surface area contributed by atoms with E-state index in [1.165, 1.54) is 13.2 Å². The number of hydrogen-bond acceptors (Lipinski definition) is 6. The average molecular weight is 299 g/mol. The van der Waals surface area contributed by atoms with Crippen LogP contribution < -0.4 is 14.9 Å². The monoisotopic (exact) mass is 299 g/mol. The number of methoxy groups -OCH3 is 1. The summed E-state index contributed by atoms with van der Waals surface area (Å²) < 4.78 is 24.3. The average Bonchev–Trinajstić information content (AvgIpc) is 2.91. The fourth-order valence-electron chi connectivity index (χ4n) is 2.81. The highest BCUT2D eigenvalue weighted by Crippen LogP contribution is 2.41. The molecule has 0 aliphatic carbocycles. The number of rotatable bonds is 3. The summed E-state index contributed by atoms with van der Waals surface area (Å²) in [4.78, 5) is 14.0. The molecule has 2 saturated heterocycles. The topological polar surface area (TPSA) is 93.9 Å². The smallest absolute Gasteiger partial charge is 0.434 e. The van der Waals surface area contributed by atoms with Crippen LogP contribution in [0.3, 0.4) is 0 Å². The van der Waals surface area contributed by atoms with E-state index in [9.17, 15) is 9.90 Å². The number of hydrogen-bond donors (Lipinski definition) is 2. The van der Waals surface area contributed by atoms with E-state index in [0.717, 1.165) is 0 Å². The number of aromatic nitrogens is 2. The van der Waals surface area contributed by atoms with E-state index in [0.29, 0.717) is 0 Å². The van der Waals surface area contributed by atoms with Crippen molar-refractivity contribution in [3.8, 4) is 6.01 Å². The van der Waals surface area contributed by atoms with E-state index < -0.39 is 24.2 Å². The van der Waals surface area contributed by atoms with Crippen molar-refractivity contribution in [1.82, 2.24) is 4.98 Å². The number of aromatic amines is 1. The lowest BCUT2D eigenvalue weighted by Crippen LogP contribution is -2.48. The predicted molar refractivity (Wildman–Crippen MR) is 68.6 cm³/mol. The summed E-state index contributed by atoms with van der Waals surface area (Å²) in [5.74, 6) is -0.749. The third-order valence-electron chi connectivity index (χ3n) is 3.62. The summed E-state index contributed by atoms with van der Waals surface area (Å²) in [6.45, 7) is 3.44. The van der Waals surface area contributed by atoms with Gasteiger partial charge in [-0.15, -0.1) is 0 Å². The van der Waals surface area contributed by atoms with Gasteiger partial charge in [0.15, 0.2) is 11.9 Å². The zero-order valence-corrected chi connectivity index (χ0v) is 12.1. The van der Waals surface area contributed by atoms with Gasteiger partial charge in [0.1, 0.15) is 18.4 Å². The minimum absolute atomic E-state index is 0.177. The van der Waals surface area contributed by atoms with Gasteiger partial charge in [0.05, 0.1) is 19.8 Å². The molecule has 2 aliphatic rings. The van der Waals surface area contributed by atoms with Crippen LogP contribution in [0.1, 0.15) is 20.1 Å². The molecule has 3 heterocycles. The fourth-order valence-corrected chi connectivity index (χ4v) is 2.81. The van der Waals surface area contributed by atoms with Crippen LogP contribution in [0.5, 0.6) is 6.01 Å². The highest BCUT2D eigenvalue weighted by molar-refractivity contribution is 4.94. The van der Waals surface area contributed by atoms with Crippen molar-refractivity contribution in [3.63, 3.8) is 0 Å². The molecule has 8 heteroatoms. The predicted octanol–water partition coefficient (Wildman–Crippen LogP) is -0.919. The Morgan fingerprint density at radius 2 is 2.14 bits per heavy atom. The van der Waals surface area contributed by atoms with Crippen LogP contribution in [0.15, 0.2) is 17.1 Å². The van der Waals surface area contributed by atoms with Gasteiger partial charge in [-0.3, -0.25) is 0 Å². The van der Waals surface area contributed by atoms with E-state index in [4.69, 9.17) is 18.9 Å². The van der Waals surface area contributed by atoms with Gasteiger partial charge in [-0.05, 0) is 13.8 Å². The molecule has 0 spiro atoms. The van der Waals surface area contributed by atoms with E-state index >= 15 is 0 Å². The molecule has 116 valence electrons. The maximum absolute atomic E-state index is 11.4. The van der Waals surface area contributed by atoms with Crippen LogP contribution >= 0.6 is 0 Å². The number of aliphatic hydroxyl groups is 1. The summed E-state index contributed by atoms with van der Waals surface area (Å²) in [5.41, 5.74) is -0.278. The summed E-state index contributed by atoms with van der Waals surface area (Å²) in [6, 6.07) is 1.62. The second-order valence-electron chi connectivity index (χ2n) is 5.53. The summed E-state index contributed by atoms with van der Waals surface area (Å²) in [5, 5.41) is 9.46. The molecule has 4 atom stereocenters. The van der Waals surface area contributed by atoms with Crippen molar-refractivity contribution in [2.75, 3.05) is 13.7 Å². The molecule has 3 rings (SSSR count). The largest absolute Gasteiger partial charge is 0.458 e. The van der Waals surface area contributed by atoms with Crippen molar-refractivity contribution in [2.24, 2.45) is 0 Å². The molecule has 0 amide bonds. The standard InChI is InChI=1S/C13H18N2O6/c1-13(2)20-9-7(6-16)19-11(10(9)21-13)15-5-4-8(17)14-12(15)18-3/h4-5,7,9-11,16H,6H2,1-3H3/p+1/t7-,9-,10-,11-/m1/s1. The van der Waals surface area contributed by atoms with Gasteiger partial charge in [0.2, 0.25) is 6.23 Å². The van der Waals surface area contributed by atoms with Gasteiger partial charge in [0, 0.05) is 0 Å². The summed E-state index contributed by atoms with van der Waals surface area (Å²) in [7, 11) is 1.45. The first kappa shape index (κ1) is 14.5. The van der Waals surface area contributed by atoms with E-state index in [1.54, 1.807) is 10.8 Å². The number of aliphatic hydroxyl groups excluding tert-OH is 1. The molecule has 21 heavy (non-hydrogen) atoms. The third kappa shape index (κ3) is 2.44. The van der Waals surface area contributed by atoms with Crippen LogP contribution in [0.2, 0.25) is 0 Å². The minimum atomic E-state index is -0.749. The zero-order valence-electron chi connectivity index (χ0n) is 12.1. The highest BCUT2D eigenvalue weighted by Gasteiger charge is 2.58. The molecule has 1 aromatic heterocycles. The molecular weight excluding hydrogens is 280 g/mol. The zero-order chi connectivity index (χ0) is 15.2. The molecule has 0 bridgehead atoms. The SMILES string of the molecule is COc1[nH]c(=O)cc[n+]1[C@@H]1O[C@H](CO)[C@H]2OC(C)(C)O[C@H]21. The van der Waals surface area contributed by atoms with Gasteiger partial charge in [-0.2, -0.15) is 9.55 Å². The quantitative estimate of drug-likeness (QED) is 0.701. The Labute approximate surface area is 121 Å².